The fourth-order valence-electron chi connectivity index (χ4n) is 2.88. The average molecular weight is 356 g/mol. The van der Waals surface area contributed by atoms with E-state index >= 15 is 0 Å². The van der Waals surface area contributed by atoms with Gasteiger partial charge in [-0.15, -0.1) is 0 Å². The van der Waals surface area contributed by atoms with E-state index in [0.717, 1.165) is 41.8 Å². The van der Waals surface area contributed by atoms with E-state index in [2.05, 4.69) is 11.9 Å². The highest BCUT2D eigenvalue weighted by molar-refractivity contribution is 7.79. The lowest BCUT2D eigenvalue weighted by molar-refractivity contribution is 0.313. The van der Waals surface area contributed by atoms with Crippen LogP contribution in [0.4, 0.5) is 0 Å². The number of likely N-dealkylation sites (N-methyl/N-ethyl adjacent to an activating group) is 1. The van der Waals surface area contributed by atoms with Crippen LogP contribution in [0.25, 0.3) is 11.1 Å². The van der Waals surface area contributed by atoms with Crippen molar-refractivity contribution >= 4 is 34.3 Å². The summed E-state index contributed by atoms with van der Waals surface area (Å²) in [5, 5.41) is 1.26. The van der Waals surface area contributed by atoms with Gasteiger partial charge in [-0.25, -0.2) is 4.21 Å². The molecule has 0 spiro atoms. The van der Waals surface area contributed by atoms with Crippen molar-refractivity contribution in [3.8, 4) is 11.1 Å². The van der Waals surface area contributed by atoms with Gasteiger partial charge in [-0.05, 0) is 48.4 Å². The standard InChI is InChI=1S/C16H15Cl2NO2S/c1-19-6-5-12-13(9-19)14(17)8-15(18)16(12)10-3-2-4-11(7-10)22(20)21/h2-4,7-8H,5-6,9H2,1H3,(H,20,21). The summed E-state index contributed by atoms with van der Waals surface area (Å²) in [6.07, 6.45) is 0.855. The van der Waals surface area contributed by atoms with Gasteiger partial charge in [0.2, 0.25) is 0 Å². The molecule has 0 radical (unpaired) electrons. The Morgan fingerprint density at radius 3 is 2.68 bits per heavy atom. The molecule has 1 aliphatic rings. The number of hydrogen-bond acceptors (Lipinski definition) is 2. The van der Waals surface area contributed by atoms with Gasteiger partial charge in [0.25, 0.3) is 0 Å². The summed E-state index contributed by atoms with van der Waals surface area (Å²) in [6, 6.07) is 8.78. The molecule has 0 bridgehead atoms. The van der Waals surface area contributed by atoms with Crippen molar-refractivity contribution in [1.82, 2.24) is 4.90 Å². The minimum absolute atomic E-state index is 0.366. The van der Waals surface area contributed by atoms with Crippen molar-refractivity contribution in [1.29, 1.82) is 0 Å². The maximum absolute atomic E-state index is 11.3. The fraction of sp³-hybridized carbons (Fsp3) is 0.250. The smallest absolute Gasteiger partial charge is 0.186 e. The molecule has 0 aromatic heterocycles. The van der Waals surface area contributed by atoms with E-state index in [0.29, 0.717) is 14.9 Å². The Labute approximate surface area is 142 Å². The van der Waals surface area contributed by atoms with Crippen LogP contribution < -0.4 is 0 Å². The lowest BCUT2D eigenvalue weighted by Crippen LogP contribution is -2.27. The number of hydrogen-bond donors (Lipinski definition) is 1. The molecular weight excluding hydrogens is 341 g/mol. The highest BCUT2D eigenvalue weighted by Crippen LogP contribution is 2.40. The number of benzene rings is 2. The minimum Gasteiger partial charge on any atom is -0.302 e. The molecule has 0 saturated heterocycles. The van der Waals surface area contributed by atoms with Gasteiger partial charge in [0.05, 0.1) is 9.92 Å². The van der Waals surface area contributed by atoms with E-state index in [1.165, 1.54) is 0 Å². The highest BCUT2D eigenvalue weighted by atomic mass is 35.5. The minimum atomic E-state index is -2.01. The molecule has 2 aromatic rings. The average Bonchev–Trinajstić information content (AvgIpc) is 2.48. The molecule has 1 atom stereocenters. The summed E-state index contributed by atoms with van der Waals surface area (Å²) < 4.78 is 20.6. The zero-order valence-electron chi connectivity index (χ0n) is 12.0. The molecule has 22 heavy (non-hydrogen) atoms. The van der Waals surface area contributed by atoms with Crippen LogP contribution >= 0.6 is 23.2 Å². The Hall–Kier alpha value is -0.910. The van der Waals surface area contributed by atoms with E-state index in [4.69, 9.17) is 23.2 Å². The van der Waals surface area contributed by atoms with Crippen LogP contribution in [0, 0.1) is 0 Å². The topological polar surface area (TPSA) is 40.5 Å². The maximum atomic E-state index is 11.3. The second-order valence-electron chi connectivity index (χ2n) is 5.44. The van der Waals surface area contributed by atoms with E-state index in [1.807, 2.05) is 6.07 Å². The largest absolute Gasteiger partial charge is 0.302 e. The van der Waals surface area contributed by atoms with Crippen molar-refractivity contribution < 1.29 is 8.76 Å². The predicted molar refractivity (Wildman–Crippen MR) is 91.0 cm³/mol. The molecule has 1 heterocycles. The molecule has 1 N–H and O–H groups in total. The third kappa shape index (κ3) is 2.94. The van der Waals surface area contributed by atoms with Crippen LogP contribution in [-0.4, -0.2) is 27.3 Å². The van der Waals surface area contributed by atoms with Crippen molar-refractivity contribution in [2.24, 2.45) is 0 Å². The molecule has 3 rings (SSSR count). The predicted octanol–water partition coefficient (Wildman–Crippen LogP) is 4.23. The summed E-state index contributed by atoms with van der Waals surface area (Å²) >= 11 is 10.8. The van der Waals surface area contributed by atoms with Crippen molar-refractivity contribution in [2.45, 2.75) is 17.9 Å². The molecule has 6 heteroatoms. The monoisotopic (exact) mass is 355 g/mol. The first-order chi connectivity index (χ1) is 10.5. The normalized spacial score (nSPS) is 16.4. The van der Waals surface area contributed by atoms with E-state index in [-0.39, 0.29) is 0 Å². The fourth-order valence-corrected chi connectivity index (χ4v) is 3.97. The van der Waals surface area contributed by atoms with Crippen LogP contribution in [-0.2, 0) is 24.0 Å². The zero-order chi connectivity index (χ0) is 15.9. The molecule has 0 amide bonds. The highest BCUT2D eigenvalue weighted by Gasteiger charge is 2.22. The summed E-state index contributed by atoms with van der Waals surface area (Å²) in [4.78, 5) is 2.58. The summed E-state index contributed by atoms with van der Waals surface area (Å²) in [7, 11) is 2.06. The van der Waals surface area contributed by atoms with Gasteiger partial charge in [-0.1, -0.05) is 35.3 Å². The van der Waals surface area contributed by atoms with E-state index in [9.17, 15) is 8.76 Å². The maximum Gasteiger partial charge on any atom is 0.186 e. The van der Waals surface area contributed by atoms with Crippen LogP contribution in [0.5, 0.6) is 0 Å². The summed E-state index contributed by atoms with van der Waals surface area (Å²) in [5.41, 5.74) is 3.99. The van der Waals surface area contributed by atoms with Gasteiger partial charge < -0.3 is 9.45 Å². The number of nitrogens with zero attached hydrogens (tertiary/aromatic N) is 1. The van der Waals surface area contributed by atoms with Gasteiger partial charge in [-0.2, -0.15) is 0 Å². The van der Waals surface area contributed by atoms with Crippen molar-refractivity contribution in [3.05, 3.63) is 51.5 Å². The Morgan fingerprint density at radius 2 is 1.95 bits per heavy atom. The second kappa shape index (κ2) is 6.30. The SMILES string of the molecule is CN1CCc2c(c(Cl)cc(Cl)c2-c2cccc(S(=O)O)c2)C1. The first-order valence-electron chi connectivity index (χ1n) is 6.87. The van der Waals surface area contributed by atoms with Crippen LogP contribution in [0.1, 0.15) is 11.1 Å². The van der Waals surface area contributed by atoms with Gasteiger partial charge in [0.15, 0.2) is 11.1 Å². The lowest BCUT2D eigenvalue weighted by Gasteiger charge is -2.28. The van der Waals surface area contributed by atoms with Crippen LogP contribution in [0.2, 0.25) is 10.0 Å². The third-order valence-electron chi connectivity index (χ3n) is 3.94. The molecule has 1 aliphatic heterocycles. The number of fused-ring (bicyclic) bond motifs is 1. The van der Waals surface area contributed by atoms with Crippen LogP contribution in [0.3, 0.4) is 0 Å². The van der Waals surface area contributed by atoms with Gasteiger partial charge >= 0.3 is 0 Å². The molecule has 0 aliphatic carbocycles. The zero-order valence-corrected chi connectivity index (χ0v) is 14.3. The first-order valence-corrected chi connectivity index (χ1v) is 8.73. The Morgan fingerprint density at radius 1 is 1.18 bits per heavy atom. The van der Waals surface area contributed by atoms with Crippen molar-refractivity contribution in [3.63, 3.8) is 0 Å². The Bertz CT molecular complexity index is 764. The molecule has 116 valence electrons. The summed E-state index contributed by atoms with van der Waals surface area (Å²) in [6.45, 7) is 1.71. The number of halogens is 2. The van der Waals surface area contributed by atoms with Gasteiger partial charge in [0.1, 0.15) is 0 Å². The van der Waals surface area contributed by atoms with E-state index in [1.54, 1.807) is 24.3 Å². The Kier molecular flexibility index (Phi) is 4.57. The van der Waals surface area contributed by atoms with Gasteiger partial charge in [-0.3, -0.25) is 0 Å². The first kappa shape index (κ1) is 16.0. The van der Waals surface area contributed by atoms with Crippen LogP contribution in [0.15, 0.2) is 35.2 Å². The molecule has 1 unspecified atom stereocenters. The lowest BCUT2D eigenvalue weighted by atomic mass is 9.90. The summed E-state index contributed by atoms with van der Waals surface area (Å²) in [5.74, 6) is 0. The molecule has 2 aromatic carbocycles. The Balaban J connectivity index is 2.21. The van der Waals surface area contributed by atoms with Crippen molar-refractivity contribution in [2.75, 3.05) is 13.6 Å². The molecule has 0 saturated carbocycles. The second-order valence-corrected chi connectivity index (χ2v) is 7.22. The third-order valence-corrected chi connectivity index (χ3v) is 5.24. The molecular formula is C16H15Cl2NO2S. The molecule has 3 nitrogen and oxygen atoms in total. The van der Waals surface area contributed by atoms with E-state index < -0.39 is 11.1 Å². The van der Waals surface area contributed by atoms with Gasteiger partial charge in [0, 0.05) is 23.7 Å². The molecule has 0 fully saturated rings. The quantitative estimate of drug-likeness (QED) is 0.819. The number of rotatable bonds is 2.